The molecule has 1 saturated heterocycles. The molecule has 2 aromatic rings. The van der Waals surface area contributed by atoms with Crippen molar-refractivity contribution in [3.05, 3.63) is 46.8 Å². The average molecular weight is 434 g/mol. The number of hydrogen-bond acceptors (Lipinski definition) is 5. The number of ether oxygens (including phenoxy) is 1. The maximum atomic E-state index is 12.5. The van der Waals surface area contributed by atoms with Crippen LogP contribution < -0.4 is 4.74 Å². The molecule has 1 atom stereocenters. The molecule has 0 aliphatic carbocycles. The molecular formula is C22H31N3O4S. The molecule has 0 unspecified atom stereocenters. The van der Waals surface area contributed by atoms with E-state index in [2.05, 4.69) is 5.10 Å². The molecule has 1 aromatic carbocycles. The summed E-state index contributed by atoms with van der Waals surface area (Å²) in [5.74, 6) is 1.24. The van der Waals surface area contributed by atoms with E-state index in [0.29, 0.717) is 32.4 Å². The zero-order valence-electron chi connectivity index (χ0n) is 18.2. The topological polar surface area (TPSA) is 81.5 Å². The number of hydrogen-bond donors (Lipinski definition) is 0. The van der Waals surface area contributed by atoms with Crippen molar-refractivity contribution in [3.8, 4) is 5.75 Å². The second-order valence-corrected chi connectivity index (χ2v) is 10.4. The van der Waals surface area contributed by atoms with Gasteiger partial charge in [0.15, 0.2) is 9.84 Å². The van der Waals surface area contributed by atoms with E-state index in [1.165, 1.54) is 0 Å². The van der Waals surface area contributed by atoms with Crippen molar-refractivity contribution < 1.29 is 17.9 Å². The standard InChI is InChI=1S/C22H31N3O4S/c1-16-7-5-8-20(13-16)29-11-6-9-22(26)24(4)14-21-17(2)23-25(18(21)3)19-10-12-30(27,28)15-19/h5,7-8,13,19H,6,9-12,14-15H2,1-4H3/t19-/m1/s1. The van der Waals surface area contributed by atoms with Crippen LogP contribution in [0.5, 0.6) is 5.75 Å². The first kappa shape index (κ1) is 22.3. The number of rotatable bonds is 8. The Hall–Kier alpha value is -2.35. The highest BCUT2D eigenvalue weighted by Crippen LogP contribution is 2.27. The van der Waals surface area contributed by atoms with Gasteiger partial charge in [0.2, 0.25) is 5.91 Å². The number of nitrogens with zero attached hydrogens (tertiary/aromatic N) is 3. The van der Waals surface area contributed by atoms with E-state index in [-0.39, 0.29) is 23.5 Å². The molecule has 30 heavy (non-hydrogen) atoms. The Balaban J connectivity index is 1.52. The predicted octanol–water partition coefficient (Wildman–Crippen LogP) is 2.99. The van der Waals surface area contributed by atoms with Gasteiger partial charge in [-0.05, 0) is 51.3 Å². The van der Waals surface area contributed by atoms with Crippen LogP contribution in [0.2, 0.25) is 0 Å². The van der Waals surface area contributed by atoms with Crippen LogP contribution in [0.1, 0.15) is 47.8 Å². The SMILES string of the molecule is Cc1cccc(OCCCC(=O)N(C)Cc2c(C)nn([C@@H]3CCS(=O)(=O)C3)c2C)c1. The summed E-state index contributed by atoms with van der Waals surface area (Å²) in [6, 6.07) is 7.76. The van der Waals surface area contributed by atoms with E-state index in [1.54, 1.807) is 11.9 Å². The molecule has 1 aliphatic rings. The largest absolute Gasteiger partial charge is 0.494 e. The molecule has 7 nitrogen and oxygen atoms in total. The minimum Gasteiger partial charge on any atom is -0.494 e. The molecule has 0 bridgehead atoms. The van der Waals surface area contributed by atoms with Crippen LogP contribution in [0.3, 0.4) is 0 Å². The third kappa shape index (κ3) is 5.41. The lowest BCUT2D eigenvalue weighted by molar-refractivity contribution is -0.130. The Morgan fingerprint density at radius 2 is 2.07 bits per heavy atom. The fraction of sp³-hybridized carbons (Fsp3) is 0.545. The minimum absolute atomic E-state index is 0.0536. The van der Waals surface area contributed by atoms with E-state index in [9.17, 15) is 13.2 Å². The Bertz CT molecular complexity index is 1010. The molecule has 1 aromatic heterocycles. The first-order valence-electron chi connectivity index (χ1n) is 10.3. The summed E-state index contributed by atoms with van der Waals surface area (Å²) in [5, 5.41) is 4.58. The van der Waals surface area contributed by atoms with E-state index >= 15 is 0 Å². The highest BCUT2D eigenvalue weighted by atomic mass is 32.2. The van der Waals surface area contributed by atoms with Gasteiger partial charge in [0.25, 0.3) is 0 Å². The number of carbonyl (C=O) groups is 1. The van der Waals surface area contributed by atoms with E-state index in [1.807, 2.05) is 49.7 Å². The summed E-state index contributed by atoms with van der Waals surface area (Å²) in [6.07, 6.45) is 1.66. The molecular weight excluding hydrogens is 402 g/mol. The summed E-state index contributed by atoms with van der Waals surface area (Å²) < 4.78 is 31.2. The molecule has 1 fully saturated rings. The quantitative estimate of drug-likeness (QED) is 0.598. The smallest absolute Gasteiger partial charge is 0.222 e. The highest BCUT2D eigenvalue weighted by molar-refractivity contribution is 7.91. The number of aromatic nitrogens is 2. The van der Waals surface area contributed by atoms with Crippen molar-refractivity contribution in [3.63, 3.8) is 0 Å². The summed E-state index contributed by atoms with van der Waals surface area (Å²) in [6.45, 7) is 6.84. The van der Waals surface area contributed by atoms with Gasteiger partial charge < -0.3 is 9.64 Å². The van der Waals surface area contributed by atoms with Gasteiger partial charge in [0.05, 0.1) is 29.8 Å². The van der Waals surface area contributed by atoms with Crippen LogP contribution in [0.4, 0.5) is 0 Å². The van der Waals surface area contributed by atoms with Crippen LogP contribution in [0, 0.1) is 20.8 Å². The fourth-order valence-corrected chi connectivity index (χ4v) is 5.58. The van der Waals surface area contributed by atoms with Crippen LogP contribution in [0.25, 0.3) is 0 Å². The summed E-state index contributed by atoms with van der Waals surface area (Å²) >= 11 is 0. The van der Waals surface area contributed by atoms with Crippen molar-refractivity contribution in [1.29, 1.82) is 0 Å². The van der Waals surface area contributed by atoms with Gasteiger partial charge in [0.1, 0.15) is 5.75 Å². The average Bonchev–Trinajstić information content (AvgIpc) is 3.18. The zero-order chi connectivity index (χ0) is 21.9. The molecule has 0 radical (unpaired) electrons. The van der Waals surface area contributed by atoms with Gasteiger partial charge in [-0.15, -0.1) is 0 Å². The molecule has 0 spiro atoms. The Labute approximate surface area is 178 Å². The first-order valence-corrected chi connectivity index (χ1v) is 12.2. The molecule has 3 rings (SSSR count). The number of sulfone groups is 1. The van der Waals surface area contributed by atoms with Gasteiger partial charge in [-0.2, -0.15) is 5.10 Å². The number of amides is 1. The Kier molecular flexibility index (Phi) is 6.85. The van der Waals surface area contributed by atoms with Crippen LogP contribution in [0.15, 0.2) is 24.3 Å². The van der Waals surface area contributed by atoms with Gasteiger partial charge in [0, 0.05) is 31.3 Å². The predicted molar refractivity (Wildman–Crippen MR) is 116 cm³/mol. The summed E-state index contributed by atoms with van der Waals surface area (Å²) in [5.41, 5.74) is 3.92. The number of aryl methyl sites for hydroxylation is 2. The second kappa shape index (κ2) is 9.20. The summed E-state index contributed by atoms with van der Waals surface area (Å²) in [4.78, 5) is 14.3. The monoisotopic (exact) mass is 433 g/mol. The van der Waals surface area contributed by atoms with E-state index in [4.69, 9.17) is 4.74 Å². The molecule has 164 valence electrons. The van der Waals surface area contributed by atoms with Crippen molar-refractivity contribution in [2.75, 3.05) is 25.2 Å². The van der Waals surface area contributed by atoms with Gasteiger partial charge in [-0.3, -0.25) is 9.48 Å². The fourth-order valence-electron chi connectivity index (χ4n) is 3.88. The highest BCUT2D eigenvalue weighted by Gasteiger charge is 2.31. The van der Waals surface area contributed by atoms with Crippen molar-refractivity contribution in [2.24, 2.45) is 0 Å². The van der Waals surface area contributed by atoms with E-state index < -0.39 is 9.84 Å². The maximum Gasteiger partial charge on any atom is 0.222 e. The van der Waals surface area contributed by atoms with Crippen LogP contribution in [-0.2, 0) is 21.2 Å². The van der Waals surface area contributed by atoms with Crippen LogP contribution >= 0.6 is 0 Å². The molecule has 0 saturated carbocycles. The van der Waals surface area contributed by atoms with Crippen molar-refractivity contribution in [1.82, 2.24) is 14.7 Å². The van der Waals surface area contributed by atoms with Crippen molar-refractivity contribution in [2.45, 2.75) is 52.6 Å². The van der Waals surface area contributed by atoms with Crippen LogP contribution in [-0.4, -0.2) is 54.2 Å². The molecule has 1 aliphatic heterocycles. The summed E-state index contributed by atoms with van der Waals surface area (Å²) in [7, 11) is -1.18. The lowest BCUT2D eigenvalue weighted by atomic mass is 10.1. The third-order valence-corrected chi connectivity index (χ3v) is 7.39. The third-order valence-electron chi connectivity index (χ3n) is 5.64. The van der Waals surface area contributed by atoms with Gasteiger partial charge in [-0.1, -0.05) is 12.1 Å². The zero-order valence-corrected chi connectivity index (χ0v) is 19.0. The minimum atomic E-state index is -2.97. The molecule has 1 amide bonds. The van der Waals surface area contributed by atoms with Crippen molar-refractivity contribution >= 4 is 15.7 Å². The first-order chi connectivity index (χ1) is 14.2. The van der Waals surface area contributed by atoms with E-state index in [0.717, 1.165) is 28.3 Å². The lowest BCUT2D eigenvalue weighted by Crippen LogP contribution is -2.27. The lowest BCUT2D eigenvalue weighted by Gasteiger charge is -2.18. The molecule has 8 heteroatoms. The Morgan fingerprint density at radius 3 is 2.73 bits per heavy atom. The second-order valence-electron chi connectivity index (χ2n) is 8.17. The molecule has 0 N–H and O–H groups in total. The number of carbonyl (C=O) groups excluding carboxylic acids is 1. The number of benzene rings is 1. The normalized spacial score (nSPS) is 17.8. The Morgan fingerprint density at radius 1 is 1.30 bits per heavy atom. The maximum absolute atomic E-state index is 12.5. The molecule has 2 heterocycles. The van der Waals surface area contributed by atoms with Gasteiger partial charge >= 0.3 is 0 Å². The van der Waals surface area contributed by atoms with Gasteiger partial charge in [-0.25, -0.2) is 8.42 Å².